The second-order valence-electron chi connectivity index (χ2n) is 3.65. The molecule has 6 heteroatoms. The molecule has 1 rings (SSSR count). The number of ether oxygens (including phenoxy) is 1. The summed E-state index contributed by atoms with van der Waals surface area (Å²) in [6, 6.07) is 3.45. The molecule has 0 heterocycles. The standard InChI is InChI=1S/C12H14F3NO2/c1-3-16-10(12(13,14)15)8-4-6-9(7-5-8)11(17)18-2/h4-7,10,16H,3H2,1-2H3. The summed E-state index contributed by atoms with van der Waals surface area (Å²) in [4.78, 5) is 11.2. The smallest absolute Gasteiger partial charge is 0.407 e. The van der Waals surface area contributed by atoms with Gasteiger partial charge in [-0.15, -0.1) is 0 Å². The van der Waals surface area contributed by atoms with Crippen molar-refractivity contribution in [1.82, 2.24) is 5.32 Å². The summed E-state index contributed by atoms with van der Waals surface area (Å²) in [7, 11) is 1.22. The highest BCUT2D eigenvalue weighted by Gasteiger charge is 2.40. The van der Waals surface area contributed by atoms with Crippen LogP contribution < -0.4 is 5.32 Å². The van der Waals surface area contributed by atoms with Gasteiger partial charge in [0, 0.05) is 0 Å². The Bertz CT molecular complexity index is 401. The van der Waals surface area contributed by atoms with Crippen molar-refractivity contribution in [2.75, 3.05) is 13.7 Å². The fraction of sp³-hybridized carbons (Fsp3) is 0.417. The van der Waals surface area contributed by atoms with E-state index in [1.54, 1.807) is 6.92 Å². The van der Waals surface area contributed by atoms with Crippen LogP contribution in [0.4, 0.5) is 13.2 Å². The van der Waals surface area contributed by atoms with E-state index in [0.717, 1.165) is 0 Å². The zero-order valence-corrected chi connectivity index (χ0v) is 10.0. The normalized spacial score (nSPS) is 13.2. The van der Waals surface area contributed by atoms with Gasteiger partial charge in [0.25, 0.3) is 0 Å². The van der Waals surface area contributed by atoms with E-state index in [0.29, 0.717) is 0 Å². The molecule has 0 spiro atoms. The topological polar surface area (TPSA) is 38.3 Å². The third-order valence-electron chi connectivity index (χ3n) is 2.40. The molecule has 0 saturated heterocycles. The number of alkyl halides is 3. The van der Waals surface area contributed by atoms with Crippen LogP contribution in [-0.4, -0.2) is 25.8 Å². The molecular formula is C12H14F3NO2. The van der Waals surface area contributed by atoms with Crippen molar-refractivity contribution in [3.05, 3.63) is 35.4 Å². The summed E-state index contributed by atoms with van der Waals surface area (Å²) in [5.74, 6) is -0.575. The van der Waals surface area contributed by atoms with Gasteiger partial charge in [-0.05, 0) is 24.2 Å². The first-order chi connectivity index (χ1) is 8.40. The van der Waals surface area contributed by atoms with Gasteiger partial charge in [0.05, 0.1) is 12.7 Å². The van der Waals surface area contributed by atoms with Crippen LogP contribution in [0.15, 0.2) is 24.3 Å². The molecule has 0 aliphatic carbocycles. The van der Waals surface area contributed by atoms with Gasteiger partial charge in [-0.25, -0.2) is 4.79 Å². The monoisotopic (exact) mass is 261 g/mol. The number of esters is 1. The largest absolute Gasteiger partial charge is 0.465 e. The third-order valence-corrected chi connectivity index (χ3v) is 2.40. The van der Waals surface area contributed by atoms with Crippen LogP contribution >= 0.6 is 0 Å². The van der Waals surface area contributed by atoms with Crippen LogP contribution in [0.2, 0.25) is 0 Å². The van der Waals surface area contributed by atoms with Crippen molar-refractivity contribution >= 4 is 5.97 Å². The summed E-state index contributed by atoms with van der Waals surface area (Å²) in [6.07, 6.45) is -4.37. The molecule has 1 aromatic carbocycles. The number of hydrogen-bond acceptors (Lipinski definition) is 3. The van der Waals surface area contributed by atoms with Gasteiger partial charge < -0.3 is 10.1 Å². The number of halogens is 3. The lowest BCUT2D eigenvalue weighted by Crippen LogP contribution is -2.34. The fourth-order valence-electron chi connectivity index (χ4n) is 1.56. The van der Waals surface area contributed by atoms with Crippen LogP contribution in [-0.2, 0) is 4.74 Å². The van der Waals surface area contributed by atoms with Crippen molar-refractivity contribution in [3.63, 3.8) is 0 Å². The summed E-state index contributed by atoms with van der Waals surface area (Å²) in [6.45, 7) is 1.80. The van der Waals surface area contributed by atoms with Crippen molar-refractivity contribution in [2.24, 2.45) is 0 Å². The first-order valence-corrected chi connectivity index (χ1v) is 5.38. The lowest BCUT2D eigenvalue weighted by Gasteiger charge is -2.21. The minimum Gasteiger partial charge on any atom is -0.465 e. The fourth-order valence-corrected chi connectivity index (χ4v) is 1.56. The molecule has 18 heavy (non-hydrogen) atoms. The van der Waals surface area contributed by atoms with Gasteiger partial charge in [-0.3, -0.25) is 0 Å². The van der Waals surface area contributed by atoms with E-state index in [4.69, 9.17) is 0 Å². The number of rotatable bonds is 4. The Hall–Kier alpha value is -1.56. The van der Waals surface area contributed by atoms with E-state index in [2.05, 4.69) is 10.1 Å². The van der Waals surface area contributed by atoms with Crippen molar-refractivity contribution in [2.45, 2.75) is 19.1 Å². The van der Waals surface area contributed by atoms with Crippen LogP contribution in [0, 0.1) is 0 Å². The van der Waals surface area contributed by atoms with E-state index < -0.39 is 18.2 Å². The number of benzene rings is 1. The highest BCUT2D eigenvalue weighted by Crippen LogP contribution is 2.32. The maximum absolute atomic E-state index is 12.8. The maximum Gasteiger partial charge on any atom is 0.407 e. The average Bonchev–Trinajstić information content (AvgIpc) is 2.34. The number of nitrogens with one attached hydrogen (secondary N) is 1. The van der Waals surface area contributed by atoms with E-state index in [-0.39, 0.29) is 17.7 Å². The molecule has 1 N–H and O–H groups in total. The molecule has 1 atom stereocenters. The quantitative estimate of drug-likeness (QED) is 0.847. The van der Waals surface area contributed by atoms with E-state index in [1.807, 2.05) is 0 Å². The summed E-state index contributed by atoms with van der Waals surface area (Å²) < 4.78 is 42.8. The van der Waals surface area contributed by atoms with Gasteiger partial charge >= 0.3 is 12.1 Å². The zero-order chi connectivity index (χ0) is 13.8. The Morgan fingerprint density at radius 1 is 1.33 bits per heavy atom. The zero-order valence-electron chi connectivity index (χ0n) is 10.0. The molecule has 0 aliphatic heterocycles. The Morgan fingerprint density at radius 3 is 2.28 bits per heavy atom. The molecule has 3 nitrogen and oxygen atoms in total. The van der Waals surface area contributed by atoms with Gasteiger partial charge in [-0.2, -0.15) is 13.2 Å². The van der Waals surface area contributed by atoms with Crippen LogP contribution in [0.5, 0.6) is 0 Å². The molecule has 0 bridgehead atoms. The van der Waals surface area contributed by atoms with Gasteiger partial charge in [-0.1, -0.05) is 19.1 Å². The van der Waals surface area contributed by atoms with Crippen molar-refractivity contribution in [1.29, 1.82) is 0 Å². The average molecular weight is 261 g/mol. The minimum absolute atomic E-state index is 0.0667. The Labute approximate surface area is 103 Å². The van der Waals surface area contributed by atoms with Crippen molar-refractivity contribution in [3.8, 4) is 0 Å². The number of methoxy groups -OCH3 is 1. The predicted octanol–water partition coefficient (Wildman–Crippen LogP) is 2.69. The molecule has 0 fully saturated rings. The highest BCUT2D eigenvalue weighted by molar-refractivity contribution is 5.89. The molecule has 0 aliphatic rings. The van der Waals surface area contributed by atoms with Crippen LogP contribution in [0.1, 0.15) is 28.9 Å². The van der Waals surface area contributed by atoms with E-state index in [9.17, 15) is 18.0 Å². The molecule has 1 aromatic rings. The molecule has 0 radical (unpaired) electrons. The summed E-state index contributed by atoms with van der Waals surface area (Å²) in [5.41, 5.74) is 0.288. The Balaban J connectivity index is 2.97. The van der Waals surface area contributed by atoms with Gasteiger partial charge in [0.15, 0.2) is 0 Å². The Morgan fingerprint density at radius 2 is 1.89 bits per heavy atom. The lowest BCUT2D eigenvalue weighted by atomic mass is 10.0. The van der Waals surface area contributed by atoms with Gasteiger partial charge in [0.1, 0.15) is 6.04 Å². The minimum atomic E-state index is -4.37. The second-order valence-corrected chi connectivity index (χ2v) is 3.65. The molecule has 0 aromatic heterocycles. The number of hydrogen-bond donors (Lipinski definition) is 1. The first kappa shape index (κ1) is 14.5. The molecule has 0 amide bonds. The van der Waals surface area contributed by atoms with E-state index in [1.165, 1.54) is 31.4 Å². The molecule has 0 saturated carbocycles. The number of carbonyl (C=O) groups excluding carboxylic acids is 1. The van der Waals surface area contributed by atoms with Crippen LogP contribution in [0.3, 0.4) is 0 Å². The highest BCUT2D eigenvalue weighted by atomic mass is 19.4. The molecular weight excluding hydrogens is 247 g/mol. The maximum atomic E-state index is 12.8. The number of carbonyl (C=O) groups is 1. The third kappa shape index (κ3) is 3.46. The molecule has 1 unspecified atom stereocenters. The summed E-state index contributed by atoms with van der Waals surface area (Å²) >= 11 is 0. The molecule has 100 valence electrons. The first-order valence-electron chi connectivity index (χ1n) is 5.38. The van der Waals surface area contributed by atoms with Crippen molar-refractivity contribution < 1.29 is 22.7 Å². The SMILES string of the molecule is CCNC(c1ccc(C(=O)OC)cc1)C(F)(F)F. The Kier molecular flexibility index (Phi) is 4.72. The predicted molar refractivity (Wildman–Crippen MR) is 60.3 cm³/mol. The summed E-state index contributed by atoms with van der Waals surface area (Å²) in [5, 5.41) is 2.36. The second kappa shape index (κ2) is 5.86. The van der Waals surface area contributed by atoms with Gasteiger partial charge in [0.2, 0.25) is 0 Å². The van der Waals surface area contributed by atoms with Crippen LogP contribution in [0.25, 0.3) is 0 Å². The lowest BCUT2D eigenvalue weighted by molar-refractivity contribution is -0.157. The van der Waals surface area contributed by atoms with E-state index >= 15 is 0 Å².